The number of hydrogen-bond donors (Lipinski definition) is 2. The summed E-state index contributed by atoms with van der Waals surface area (Å²) in [4.78, 5) is 4.16. The number of hydrogen-bond acceptors (Lipinski definition) is 2. The van der Waals surface area contributed by atoms with Gasteiger partial charge in [-0.3, -0.25) is 4.99 Å². The number of nitrogens with zero attached hydrogens (tertiary/aromatic N) is 1. The molecule has 2 aromatic carbocycles. The van der Waals surface area contributed by atoms with Crippen LogP contribution in [0.5, 0.6) is 5.75 Å². The summed E-state index contributed by atoms with van der Waals surface area (Å²) in [5, 5.41) is 6.40. The molecule has 0 aliphatic heterocycles. The zero-order valence-electron chi connectivity index (χ0n) is 13.9. The van der Waals surface area contributed by atoms with Gasteiger partial charge in [0.15, 0.2) is 5.96 Å². The molecule has 0 fully saturated rings. The first kappa shape index (κ1) is 21.1. The Hall–Kier alpha value is -1.90. The van der Waals surface area contributed by atoms with E-state index < -0.39 is 13.0 Å². The van der Waals surface area contributed by atoms with Crippen molar-refractivity contribution in [1.82, 2.24) is 10.6 Å². The standard InChI is InChI=1S/C18H21F2N3O.HI/c1-21-18(22-11-14-6-3-2-4-7-14)23-12-15-8-5-9-16(10-15)24-13-17(19)20;/h2-10,17H,11-13H2,1H3,(H2,21,22,23);1H. The van der Waals surface area contributed by atoms with E-state index >= 15 is 0 Å². The van der Waals surface area contributed by atoms with E-state index in [0.29, 0.717) is 24.8 Å². The summed E-state index contributed by atoms with van der Waals surface area (Å²) in [6.07, 6.45) is -2.48. The molecule has 0 amide bonds. The van der Waals surface area contributed by atoms with Crippen molar-refractivity contribution in [1.29, 1.82) is 0 Å². The van der Waals surface area contributed by atoms with E-state index in [0.717, 1.165) is 11.1 Å². The van der Waals surface area contributed by atoms with E-state index in [1.54, 1.807) is 25.2 Å². The molecule has 2 N–H and O–H groups in total. The summed E-state index contributed by atoms with van der Waals surface area (Å²) >= 11 is 0. The highest BCUT2D eigenvalue weighted by Crippen LogP contribution is 2.14. The quantitative estimate of drug-likeness (QED) is 0.375. The van der Waals surface area contributed by atoms with Gasteiger partial charge in [0.25, 0.3) is 6.43 Å². The molecule has 136 valence electrons. The molecule has 0 atom stereocenters. The number of halogens is 3. The Morgan fingerprint density at radius 2 is 1.64 bits per heavy atom. The van der Waals surface area contributed by atoms with Crippen molar-refractivity contribution >= 4 is 29.9 Å². The molecule has 0 heterocycles. The fourth-order valence-corrected chi connectivity index (χ4v) is 2.09. The SMILES string of the molecule is CN=C(NCc1ccccc1)NCc1cccc(OCC(F)F)c1.I. The summed E-state index contributed by atoms with van der Waals surface area (Å²) < 4.78 is 29.4. The molecule has 4 nitrogen and oxygen atoms in total. The van der Waals surface area contributed by atoms with Crippen LogP contribution in [0, 0.1) is 0 Å². The van der Waals surface area contributed by atoms with Crippen LogP contribution < -0.4 is 15.4 Å². The van der Waals surface area contributed by atoms with Crippen LogP contribution in [-0.2, 0) is 13.1 Å². The molecule has 0 saturated carbocycles. The summed E-state index contributed by atoms with van der Waals surface area (Å²) in [7, 11) is 1.70. The van der Waals surface area contributed by atoms with Gasteiger partial charge in [-0.2, -0.15) is 0 Å². The number of alkyl halides is 2. The van der Waals surface area contributed by atoms with Crippen molar-refractivity contribution in [3.8, 4) is 5.75 Å². The molecule has 0 saturated heterocycles. The minimum absolute atomic E-state index is 0. The second-order valence-corrected chi connectivity index (χ2v) is 5.11. The molecule has 0 aromatic heterocycles. The topological polar surface area (TPSA) is 45.7 Å². The van der Waals surface area contributed by atoms with Crippen molar-refractivity contribution in [2.45, 2.75) is 19.5 Å². The normalized spacial score (nSPS) is 11.0. The van der Waals surface area contributed by atoms with Gasteiger partial charge < -0.3 is 15.4 Å². The van der Waals surface area contributed by atoms with E-state index in [1.165, 1.54) is 0 Å². The Morgan fingerprint density at radius 3 is 2.28 bits per heavy atom. The molecular weight excluding hydrogens is 439 g/mol. The minimum Gasteiger partial charge on any atom is -0.488 e. The van der Waals surface area contributed by atoms with E-state index in [-0.39, 0.29) is 24.0 Å². The summed E-state index contributed by atoms with van der Waals surface area (Å²) in [6, 6.07) is 17.1. The Morgan fingerprint density at radius 1 is 1.00 bits per heavy atom. The lowest BCUT2D eigenvalue weighted by molar-refractivity contribution is 0.0818. The smallest absolute Gasteiger partial charge is 0.272 e. The van der Waals surface area contributed by atoms with Crippen LogP contribution >= 0.6 is 24.0 Å². The van der Waals surface area contributed by atoms with Gasteiger partial charge in [-0.15, -0.1) is 24.0 Å². The van der Waals surface area contributed by atoms with E-state index in [2.05, 4.69) is 15.6 Å². The number of benzene rings is 2. The largest absolute Gasteiger partial charge is 0.488 e. The maximum atomic E-state index is 12.2. The van der Waals surface area contributed by atoms with Crippen molar-refractivity contribution in [3.05, 3.63) is 65.7 Å². The van der Waals surface area contributed by atoms with Gasteiger partial charge in [0.1, 0.15) is 12.4 Å². The van der Waals surface area contributed by atoms with Crippen LogP contribution in [0.2, 0.25) is 0 Å². The third-order valence-corrected chi connectivity index (χ3v) is 3.26. The zero-order chi connectivity index (χ0) is 17.2. The van der Waals surface area contributed by atoms with Gasteiger partial charge in [-0.1, -0.05) is 42.5 Å². The molecule has 0 unspecified atom stereocenters. The highest BCUT2D eigenvalue weighted by molar-refractivity contribution is 14.0. The molecule has 0 bridgehead atoms. The summed E-state index contributed by atoms with van der Waals surface area (Å²) in [5.41, 5.74) is 2.08. The lowest BCUT2D eigenvalue weighted by Crippen LogP contribution is -2.36. The Kier molecular flexibility index (Phi) is 9.83. The van der Waals surface area contributed by atoms with Gasteiger partial charge in [0.2, 0.25) is 0 Å². The molecule has 25 heavy (non-hydrogen) atoms. The molecular formula is C18H22F2IN3O. The fourth-order valence-electron chi connectivity index (χ4n) is 2.09. The van der Waals surface area contributed by atoms with Crippen LogP contribution in [0.25, 0.3) is 0 Å². The van der Waals surface area contributed by atoms with Crippen LogP contribution in [0.1, 0.15) is 11.1 Å². The Labute approximate surface area is 163 Å². The number of aliphatic imine (C=N–C) groups is 1. The van der Waals surface area contributed by atoms with Crippen LogP contribution in [0.15, 0.2) is 59.6 Å². The maximum Gasteiger partial charge on any atom is 0.272 e. The Balaban J connectivity index is 0.00000312. The van der Waals surface area contributed by atoms with Crippen molar-refractivity contribution in [3.63, 3.8) is 0 Å². The molecule has 7 heteroatoms. The van der Waals surface area contributed by atoms with E-state index in [1.807, 2.05) is 36.4 Å². The predicted octanol–water partition coefficient (Wildman–Crippen LogP) is 3.81. The predicted molar refractivity (Wildman–Crippen MR) is 107 cm³/mol. The van der Waals surface area contributed by atoms with Crippen molar-refractivity contribution < 1.29 is 13.5 Å². The molecule has 0 aliphatic carbocycles. The van der Waals surface area contributed by atoms with Gasteiger partial charge >= 0.3 is 0 Å². The first-order chi connectivity index (χ1) is 11.7. The molecule has 0 radical (unpaired) electrons. The highest BCUT2D eigenvalue weighted by atomic mass is 127. The third-order valence-electron chi connectivity index (χ3n) is 3.26. The zero-order valence-corrected chi connectivity index (χ0v) is 16.2. The van der Waals surface area contributed by atoms with Crippen LogP contribution in [0.3, 0.4) is 0 Å². The first-order valence-electron chi connectivity index (χ1n) is 7.65. The summed E-state index contributed by atoms with van der Waals surface area (Å²) in [5.74, 6) is 1.10. The van der Waals surface area contributed by atoms with Gasteiger partial charge in [-0.05, 0) is 23.3 Å². The first-order valence-corrected chi connectivity index (χ1v) is 7.65. The number of nitrogens with one attached hydrogen (secondary N) is 2. The summed E-state index contributed by atoms with van der Waals surface area (Å²) in [6.45, 7) is 0.579. The lowest BCUT2D eigenvalue weighted by atomic mass is 10.2. The van der Waals surface area contributed by atoms with Gasteiger partial charge in [0, 0.05) is 20.1 Å². The molecule has 0 spiro atoms. The average molecular weight is 461 g/mol. The van der Waals surface area contributed by atoms with Crippen LogP contribution in [-0.4, -0.2) is 26.0 Å². The van der Waals surface area contributed by atoms with Crippen molar-refractivity contribution in [2.24, 2.45) is 4.99 Å². The highest BCUT2D eigenvalue weighted by Gasteiger charge is 2.04. The molecule has 2 aromatic rings. The van der Waals surface area contributed by atoms with E-state index in [4.69, 9.17) is 4.74 Å². The van der Waals surface area contributed by atoms with Gasteiger partial charge in [0.05, 0.1) is 0 Å². The van der Waals surface area contributed by atoms with Crippen LogP contribution in [0.4, 0.5) is 8.78 Å². The number of ether oxygens (including phenoxy) is 1. The monoisotopic (exact) mass is 461 g/mol. The second-order valence-electron chi connectivity index (χ2n) is 5.11. The number of rotatable bonds is 7. The molecule has 2 rings (SSSR count). The lowest BCUT2D eigenvalue weighted by Gasteiger charge is -2.13. The second kappa shape index (κ2) is 11.6. The third kappa shape index (κ3) is 8.15. The number of guanidine groups is 1. The fraction of sp³-hybridized carbons (Fsp3) is 0.278. The van der Waals surface area contributed by atoms with Crippen molar-refractivity contribution in [2.75, 3.05) is 13.7 Å². The van der Waals surface area contributed by atoms with Gasteiger partial charge in [-0.25, -0.2) is 8.78 Å². The minimum atomic E-state index is -2.48. The van der Waals surface area contributed by atoms with E-state index in [9.17, 15) is 8.78 Å². The maximum absolute atomic E-state index is 12.2. The average Bonchev–Trinajstić information content (AvgIpc) is 2.61. The molecule has 0 aliphatic rings. The Bertz CT molecular complexity index is 654.